The number of carbonyl (C=O) groups excluding carboxylic acids is 2. The van der Waals surface area contributed by atoms with Gasteiger partial charge in [0.2, 0.25) is 5.78 Å². The summed E-state index contributed by atoms with van der Waals surface area (Å²) in [6.07, 6.45) is 1.05. The number of furan rings is 1. The average molecular weight is 410 g/mol. The Morgan fingerprint density at radius 3 is 2.76 bits per heavy atom. The molecule has 148 valence electrons. The van der Waals surface area contributed by atoms with Crippen LogP contribution in [0.15, 0.2) is 45.9 Å². The van der Waals surface area contributed by atoms with Gasteiger partial charge in [0.05, 0.1) is 24.4 Å². The van der Waals surface area contributed by atoms with Gasteiger partial charge in [-0.15, -0.1) is 11.3 Å². The van der Waals surface area contributed by atoms with E-state index in [2.05, 4.69) is 4.98 Å². The molecule has 0 amide bonds. The topological polar surface area (TPSA) is 91.4 Å². The number of hydrogen-bond donors (Lipinski definition) is 0. The third-order valence-electron chi connectivity index (χ3n) is 4.46. The van der Waals surface area contributed by atoms with Gasteiger partial charge in [-0.2, -0.15) is 0 Å². The standard InChI is InChI=1S/C21H18N2O5S/c1-11(2)27-21(26)18-12(3)17-19(29-18)22-10-23(20(17)25)9-14(24)16-8-13-6-4-5-7-15(13)28-16/h4-8,10-11H,9H2,1-3H3. The van der Waals surface area contributed by atoms with Crippen molar-refractivity contribution in [3.05, 3.63) is 63.2 Å². The Balaban J connectivity index is 1.68. The number of carbonyl (C=O) groups is 2. The number of ketones is 1. The Bertz CT molecular complexity index is 1280. The highest BCUT2D eigenvalue weighted by molar-refractivity contribution is 7.20. The summed E-state index contributed by atoms with van der Waals surface area (Å²) in [5.74, 6) is -0.636. The van der Waals surface area contributed by atoms with Crippen molar-refractivity contribution in [3.63, 3.8) is 0 Å². The summed E-state index contributed by atoms with van der Waals surface area (Å²) in [6.45, 7) is 5.00. The Morgan fingerprint density at radius 2 is 2.03 bits per heavy atom. The number of ether oxygens (including phenoxy) is 1. The monoisotopic (exact) mass is 410 g/mol. The van der Waals surface area contributed by atoms with Gasteiger partial charge in [-0.3, -0.25) is 14.2 Å². The molecule has 0 radical (unpaired) electrons. The Labute approximate surface area is 169 Å². The fraction of sp³-hybridized carbons (Fsp3) is 0.238. The number of para-hydroxylation sites is 1. The Kier molecular flexibility index (Phi) is 4.79. The van der Waals surface area contributed by atoms with E-state index in [0.717, 1.165) is 16.7 Å². The lowest BCUT2D eigenvalue weighted by Gasteiger charge is -2.06. The van der Waals surface area contributed by atoms with Crippen LogP contribution in [0.1, 0.15) is 39.6 Å². The molecule has 0 spiro atoms. The molecule has 0 unspecified atom stereocenters. The lowest BCUT2D eigenvalue weighted by molar-refractivity contribution is 0.0383. The predicted molar refractivity (Wildman–Crippen MR) is 110 cm³/mol. The average Bonchev–Trinajstić information content (AvgIpc) is 3.25. The van der Waals surface area contributed by atoms with Crippen LogP contribution in [-0.2, 0) is 11.3 Å². The van der Waals surface area contributed by atoms with E-state index in [1.807, 2.05) is 18.2 Å². The molecule has 7 nitrogen and oxygen atoms in total. The van der Waals surface area contributed by atoms with Gasteiger partial charge < -0.3 is 9.15 Å². The van der Waals surface area contributed by atoms with Crippen LogP contribution < -0.4 is 5.56 Å². The van der Waals surface area contributed by atoms with E-state index in [4.69, 9.17) is 9.15 Å². The number of rotatable bonds is 5. The van der Waals surface area contributed by atoms with Gasteiger partial charge >= 0.3 is 5.97 Å². The van der Waals surface area contributed by atoms with Gasteiger partial charge in [-0.05, 0) is 38.5 Å². The lowest BCUT2D eigenvalue weighted by Crippen LogP contribution is -2.24. The molecule has 0 bridgehead atoms. The summed E-state index contributed by atoms with van der Waals surface area (Å²) >= 11 is 1.11. The number of nitrogens with zero attached hydrogens (tertiary/aromatic N) is 2. The third kappa shape index (κ3) is 3.47. The highest BCUT2D eigenvalue weighted by Crippen LogP contribution is 2.28. The minimum Gasteiger partial charge on any atom is -0.459 e. The fourth-order valence-electron chi connectivity index (χ4n) is 3.09. The second kappa shape index (κ2) is 7.29. The first kappa shape index (κ1) is 19.1. The highest BCUT2D eigenvalue weighted by Gasteiger charge is 2.22. The number of hydrogen-bond acceptors (Lipinski definition) is 7. The van der Waals surface area contributed by atoms with Crippen LogP contribution in [0.4, 0.5) is 0 Å². The van der Waals surface area contributed by atoms with Crippen molar-refractivity contribution >= 4 is 44.3 Å². The van der Waals surface area contributed by atoms with Gasteiger partial charge in [0, 0.05) is 5.39 Å². The predicted octanol–water partition coefficient (Wildman–Crippen LogP) is 3.96. The van der Waals surface area contributed by atoms with Gasteiger partial charge in [-0.25, -0.2) is 9.78 Å². The van der Waals surface area contributed by atoms with E-state index in [-0.39, 0.29) is 29.8 Å². The van der Waals surface area contributed by atoms with E-state index in [1.165, 1.54) is 10.9 Å². The number of fused-ring (bicyclic) bond motifs is 2. The number of thiophene rings is 1. The molecule has 0 saturated heterocycles. The third-order valence-corrected chi connectivity index (χ3v) is 5.64. The van der Waals surface area contributed by atoms with Crippen molar-refractivity contribution in [1.82, 2.24) is 9.55 Å². The van der Waals surface area contributed by atoms with Crippen molar-refractivity contribution in [2.24, 2.45) is 0 Å². The maximum atomic E-state index is 12.9. The quantitative estimate of drug-likeness (QED) is 0.365. The van der Waals surface area contributed by atoms with Gasteiger partial charge in [-0.1, -0.05) is 18.2 Å². The molecular weight excluding hydrogens is 392 g/mol. The van der Waals surface area contributed by atoms with Crippen molar-refractivity contribution in [2.45, 2.75) is 33.4 Å². The number of benzene rings is 1. The first-order valence-corrected chi connectivity index (χ1v) is 9.88. The smallest absolute Gasteiger partial charge is 0.348 e. The zero-order valence-corrected chi connectivity index (χ0v) is 16.9. The summed E-state index contributed by atoms with van der Waals surface area (Å²) in [5.41, 5.74) is 0.745. The van der Waals surface area contributed by atoms with E-state index < -0.39 is 5.97 Å². The van der Waals surface area contributed by atoms with E-state index in [1.54, 1.807) is 32.9 Å². The van der Waals surface area contributed by atoms with Crippen LogP contribution in [0.5, 0.6) is 0 Å². The number of aromatic nitrogens is 2. The SMILES string of the molecule is Cc1c(C(=O)OC(C)C)sc2ncn(CC(=O)c3cc4ccccc4o3)c(=O)c12. The molecular formula is C21H18N2O5S. The van der Waals surface area contributed by atoms with E-state index in [9.17, 15) is 14.4 Å². The van der Waals surface area contributed by atoms with Crippen LogP contribution in [0.3, 0.4) is 0 Å². The first-order chi connectivity index (χ1) is 13.8. The maximum absolute atomic E-state index is 12.9. The fourth-order valence-corrected chi connectivity index (χ4v) is 4.11. The molecule has 0 aliphatic heterocycles. The zero-order valence-electron chi connectivity index (χ0n) is 16.1. The minimum atomic E-state index is -0.482. The molecule has 4 rings (SSSR count). The summed E-state index contributed by atoms with van der Waals surface area (Å²) in [7, 11) is 0. The van der Waals surface area contributed by atoms with Crippen LogP contribution in [-0.4, -0.2) is 27.4 Å². The van der Waals surface area contributed by atoms with Gasteiger partial charge in [0.25, 0.3) is 5.56 Å². The van der Waals surface area contributed by atoms with E-state index in [0.29, 0.717) is 26.2 Å². The van der Waals surface area contributed by atoms with Crippen molar-refractivity contribution in [2.75, 3.05) is 0 Å². The molecule has 0 fully saturated rings. The lowest BCUT2D eigenvalue weighted by atomic mass is 10.2. The van der Waals surface area contributed by atoms with Gasteiger partial charge in [0.15, 0.2) is 5.76 Å². The molecule has 4 aromatic rings. The van der Waals surface area contributed by atoms with Crippen LogP contribution in [0, 0.1) is 6.92 Å². The maximum Gasteiger partial charge on any atom is 0.348 e. The van der Waals surface area contributed by atoms with Gasteiger partial charge in [0.1, 0.15) is 15.3 Å². The molecule has 29 heavy (non-hydrogen) atoms. The molecule has 3 heterocycles. The Morgan fingerprint density at radius 1 is 1.28 bits per heavy atom. The van der Waals surface area contributed by atoms with Crippen molar-refractivity contribution in [1.29, 1.82) is 0 Å². The normalized spacial score (nSPS) is 11.4. The number of Topliss-reactive ketones (excluding diaryl/α,β-unsaturated/α-hetero) is 1. The molecule has 0 aliphatic carbocycles. The second-order valence-electron chi connectivity index (χ2n) is 6.94. The summed E-state index contributed by atoms with van der Waals surface area (Å²) < 4.78 is 12.0. The summed E-state index contributed by atoms with van der Waals surface area (Å²) in [6, 6.07) is 8.96. The molecule has 0 aliphatic rings. The molecule has 0 saturated carbocycles. The molecule has 0 N–H and O–H groups in total. The van der Waals surface area contributed by atoms with Crippen molar-refractivity contribution < 1.29 is 18.7 Å². The van der Waals surface area contributed by atoms with Crippen LogP contribution >= 0.6 is 11.3 Å². The van der Waals surface area contributed by atoms with E-state index >= 15 is 0 Å². The van der Waals surface area contributed by atoms with Crippen LogP contribution in [0.2, 0.25) is 0 Å². The molecule has 1 aromatic carbocycles. The Hall–Kier alpha value is -3.26. The zero-order chi connectivity index (χ0) is 20.7. The van der Waals surface area contributed by atoms with Crippen molar-refractivity contribution in [3.8, 4) is 0 Å². The highest BCUT2D eigenvalue weighted by atomic mass is 32.1. The largest absolute Gasteiger partial charge is 0.459 e. The molecule has 3 aromatic heterocycles. The number of aryl methyl sites for hydroxylation is 1. The first-order valence-electron chi connectivity index (χ1n) is 9.06. The molecule has 8 heteroatoms. The summed E-state index contributed by atoms with van der Waals surface area (Å²) in [4.78, 5) is 42.9. The van der Waals surface area contributed by atoms with Crippen LogP contribution in [0.25, 0.3) is 21.2 Å². The summed E-state index contributed by atoms with van der Waals surface area (Å²) in [5, 5.41) is 1.14. The minimum absolute atomic E-state index is 0.182. The number of esters is 1. The second-order valence-corrected chi connectivity index (χ2v) is 7.94. The molecule has 0 atom stereocenters.